The predicted molar refractivity (Wildman–Crippen MR) is 118 cm³/mol. The standard InChI is InChI=1S/C25H30B.K/c1-5-6-19-26(23-13-7-20(2)8-14-23,24-15-9-21(3)10-16-24)25-17-11-22(4)12-18-25;/h7-18H,5-6,19H2,1-4H3;/q-1;+1. The van der Waals surface area contributed by atoms with Crippen molar-refractivity contribution in [2.75, 3.05) is 0 Å². The van der Waals surface area contributed by atoms with Crippen molar-refractivity contribution in [3.63, 3.8) is 0 Å². The summed E-state index contributed by atoms with van der Waals surface area (Å²) in [5, 5.41) is 0. The van der Waals surface area contributed by atoms with Crippen LogP contribution in [0.5, 0.6) is 0 Å². The van der Waals surface area contributed by atoms with Gasteiger partial charge in [0.25, 0.3) is 0 Å². The maximum absolute atomic E-state index is 2.35. The summed E-state index contributed by atoms with van der Waals surface area (Å²) in [6.45, 7) is 8.80. The van der Waals surface area contributed by atoms with Crippen LogP contribution in [0.25, 0.3) is 0 Å². The minimum absolute atomic E-state index is 0. The molecule has 0 saturated heterocycles. The molecule has 0 radical (unpaired) electrons. The summed E-state index contributed by atoms with van der Waals surface area (Å²) in [7, 11) is 0. The van der Waals surface area contributed by atoms with Gasteiger partial charge in [-0.05, 0) is 20.8 Å². The van der Waals surface area contributed by atoms with E-state index < -0.39 is 6.15 Å². The molecule has 0 nitrogen and oxygen atoms in total. The third-order valence-electron chi connectivity index (χ3n) is 5.93. The Bertz CT molecular complexity index is 722. The monoisotopic (exact) mass is 380 g/mol. The van der Waals surface area contributed by atoms with Gasteiger partial charge in [0.05, 0.1) is 6.15 Å². The molecule has 0 aliphatic heterocycles. The molecule has 0 N–H and O–H groups in total. The fourth-order valence-electron chi connectivity index (χ4n) is 4.27. The zero-order valence-corrected chi connectivity index (χ0v) is 20.7. The average molecular weight is 380 g/mol. The van der Waals surface area contributed by atoms with Crippen molar-refractivity contribution in [3.05, 3.63) is 89.5 Å². The van der Waals surface area contributed by atoms with Crippen LogP contribution in [0.4, 0.5) is 0 Å². The number of hydrogen-bond acceptors (Lipinski definition) is 0. The van der Waals surface area contributed by atoms with Crippen LogP contribution < -0.4 is 67.8 Å². The smallest absolute Gasteiger partial charge is 0.200 e. The van der Waals surface area contributed by atoms with Gasteiger partial charge in [0.15, 0.2) is 0 Å². The van der Waals surface area contributed by atoms with E-state index in [1.165, 1.54) is 52.2 Å². The van der Waals surface area contributed by atoms with Crippen LogP contribution in [0.2, 0.25) is 6.32 Å². The van der Waals surface area contributed by atoms with E-state index in [1.54, 1.807) is 0 Å². The number of aryl methyl sites for hydroxylation is 3. The molecule has 0 aliphatic carbocycles. The van der Waals surface area contributed by atoms with Crippen molar-refractivity contribution in [1.29, 1.82) is 0 Å². The molecule has 0 atom stereocenters. The Balaban J connectivity index is 0.00000261. The molecule has 3 rings (SSSR count). The first-order valence-corrected chi connectivity index (χ1v) is 9.95. The van der Waals surface area contributed by atoms with Crippen LogP contribution in [0, 0.1) is 20.8 Å². The normalized spacial score (nSPS) is 11.1. The van der Waals surface area contributed by atoms with Crippen molar-refractivity contribution >= 4 is 22.5 Å². The maximum Gasteiger partial charge on any atom is 1.00 e. The molecule has 0 unspecified atom stereocenters. The zero-order valence-electron chi connectivity index (χ0n) is 17.6. The van der Waals surface area contributed by atoms with Crippen molar-refractivity contribution in [2.45, 2.75) is 46.9 Å². The molecule has 134 valence electrons. The van der Waals surface area contributed by atoms with Crippen LogP contribution in [-0.4, -0.2) is 6.15 Å². The van der Waals surface area contributed by atoms with Crippen molar-refractivity contribution in [1.82, 2.24) is 0 Å². The van der Waals surface area contributed by atoms with Gasteiger partial charge in [0, 0.05) is 0 Å². The van der Waals surface area contributed by atoms with Crippen molar-refractivity contribution in [2.24, 2.45) is 0 Å². The molecule has 0 aliphatic rings. The summed E-state index contributed by atoms with van der Waals surface area (Å²) in [6.07, 6.45) is 2.68. The molecule has 27 heavy (non-hydrogen) atoms. The third-order valence-corrected chi connectivity index (χ3v) is 5.93. The molecule has 0 spiro atoms. The van der Waals surface area contributed by atoms with E-state index >= 15 is 0 Å². The molecular formula is C25H30BK. The van der Waals surface area contributed by atoms with Crippen LogP contribution in [0.3, 0.4) is 0 Å². The largest absolute Gasteiger partial charge is 1.00 e. The SMILES string of the molecule is CCCC[B-](c1ccc(C)cc1)(c1ccc(C)cc1)c1ccc(C)cc1.[K+]. The molecule has 0 amide bonds. The Labute approximate surface area is 208 Å². The minimum Gasteiger partial charge on any atom is -0.200 e. The summed E-state index contributed by atoms with van der Waals surface area (Å²) in [5.74, 6) is 0. The van der Waals surface area contributed by atoms with Gasteiger partial charge in [-0.2, -0.15) is 22.7 Å². The topological polar surface area (TPSA) is 0 Å². The van der Waals surface area contributed by atoms with Gasteiger partial charge in [-0.15, -0.1) is 0 Å². The third kappa shape index (κ3) is 5.05. The molecular weight excluding hydrogens is 350 g/mol. The summed E-state index contributed by atoms with van der Waals surface area (Å²) < 4.78 is 0. The van der Waals surface area contributed by atoms with Gasteiger partial charge in [-0.1, -0.05) is 109 Å². The first-order valence-electron chi connectivity index (χ1n) is 9.95. The van der Waals surface area contributed by atoms with E-state index in [-0.39, 0.29) is 51.4 Å². The second kappa shape index (κ2) is 10.2. The minimum atomic E-state index is -0.957. The molecule has 0 aromatic heterocycles. The van der Waals surface area contributed by atoms with Crippen LogP contribution in [0.15, 0.2) is 72.8 Å². The predicted octanol–water partition coefficient (Wildman–Crippen LogP) is 1.89. The van der Waals surface area contributed by atoms with E-state index in [9.17, 15) is 0 Å². The molecule has 3 aromatic rings. The van der Waals surface area contributed by atoms with Gasteiger partial charge in [0.2, 0.25) is 0 Å². The Morgan fingerprint density at radius 1 is 0.556 bits per heavy atom. The van der Waals surface area contributed by atoms with Crippen molar-refractivity contribution in [3.8, 4) is 0 Å². The maximum atomic E-state index is 2.35. The molecule has 3 aromatic carbocycles. The van der Waals surface area contributed by atoms with Crippen molar-refractivity contribution < 1.29 is 51.4 Å². The second-order valence-corrected chi connectivity index (χ2v) is 7.92. The number of hydrogen-bond donors (Lipinski definition) is 0. The van der Waals surface area contributed by atoms with E-state index in [0.717, 1.165) is 0 Å². The fraction of sp³-hybridized carbons (Fsp3) is 0.280. The quantitative estimate of drug-likeness (QED) is 0.573. The van der Waals surface area contributed by atoms with Gasteiger partial charge < -0.3 is 0 Å². The van der Waals surface area contributed by atoms with Gasteiger partial charge in [-0.3, -0.25) is 0 Å². The number of rotatable bonds is 6. The molecule has 0 heterocycles. The Morgan fingerprint density at radius 3 is 1.11 bits per heavy atom. The Hall–Kier alpha value is -0.639. The summed E-state index contributed by atoms with van der Waals surface area (Å²) in [6, 6.07) is 27.7. The first kappa shape index (κ1) is 22.6. The van der Waals surface area contributed by atoms with Crippen LogP contribution in [-0.2, 0) is 0 Å². The Morgan fingerprint density at radius 2 is 0.852 bits per heavy atom. The van der Waals surface area contributed by atoms with Gasteiger partial charge >= 0.3 is 51.4 Å². The first-order chi connectivity index (χ1) is 12.6. The fourth-order valence-corrected chi connectivity index (χ4v) is 4.27. The molecule has 0 bridgehead atoms. The zero-order chi connectivity index (χ0) is 18.6. The van der Waals surface area contributed by atoms with E-state index in [4.69, 9.17) is 0 Å². The summed E-state index contributed by atoms with van der Waals surface area (Å²) in [4.78, 5) is 0. The Kier molecular flexibility index (Phi) is 8.58. The number of benzene rings is 3. The van der Waals surface area contributed by atoms with Gasteiger partial charge in [-0.25, -0.2) is 0 Å². The van der Waals surface area contributed by atoms with E-state index in [2.05, 4.69) is 100 Å². The molecule has 0 fully saturated rings. The van der Waals surface area contributed by atoms with E-state index in [1.807, 2.05) is 0 Å². The summed E-state index contributed by atoms with van der Waals surface area (Å²) >= 11 is 0. The molecule has 2 heteroatoms. The van der Waals surface area contributed by atoms with Crippen LogP contribution >= 0.6 is 0 Å². The van der Waals surface area contributed by atoms with E-state index in [0.29, 0.717) is 0 Å². The average Bonchev–Trinajstić information content (AvgIpc) is 2.66. The van der Waals surface area contributed by atoms with Crippen LogP contribution in [0.1, 0.15) is 36.5 Å². The summed E-state index contributed by atoms with van der Waals surface area (Å²) in [5.41, 5.74) is 8.33. The second-order valence-electron chi connectivity index (χ2n) is 7.92. The molecule has 0 saturated carbocycles. The number of unbranched alkanes of at least 4 members (excludes halogenated alkanes) is 1. The van der Waals surface area contributed by atoms with Gasteiger partial charge in [0.1, 0.15) is 0 Å².